The molecule has 2 fully saturated rings. The number of hydrogen-bond acceptors (Lipinski definition) is 16. The zero-order valence-corrected chi connectivity index (χ0v) is 39.5. The Balaban J connectivity index is 0.772. The SMILES string of the molecule is Cc1cnc(Nc2ccc(N3CCN(CCCCS(=O)(=O)c4cccc(Nc5nc(Nc6ccc(N7CCN(C)CC7)cc6)ncc5C)c4)CC3)cc2)nc1Nc1cccc(S(C)(=O)=O)c1. The molecule has 2 aliphatic rings. The molecule has 346 valence electrons. The van der Waals surface area contributed by atoms with Gasteiger partial charge in [0.1, 0.15) is 11.6 Å². The van der Waals surface area contributed by atoms with E-state index in [1.165, 1.54) is 11.9 Å². The lowest BCUT2D eigenvalue weighted by Gasteiger charge is -2.36. The molecule has 0 bridgehead atoms. The Kier molecular flexibility index (Phi) is 14.3. The zero-order chi connectivity index (χ0) is 46.3. The highest BCUT2D eigenvalue weighted by atomic mass is 32.2. The molecule has 2 aromatic heterocycles. The third-order valence-electron chi connectivity index (χ3n) is 11.9. The topological polar surface area (TPSA) is 181 Å². The van der Waals surface area contributed by atoms with Crippen LogP contribution in [0, 0.1) is 13.8 Å². The predicted molar refractivity (Wildman–Crippen MR) is 265 cm³/mol. The number of sulfone groups is 2. The highest BCUT2D eigenvalue weighted by Crippen LogP contribution is 2.28. The lowest BCUT2D eigenvalue weighted by Crippen LogP contribution is -2.46. The van der Waals surface area contributed by atoms with Gasteiger partial charge in [-0.25, -0.2) is 26.8 Å². The second-order valence-electron chi connectivity index (χ2n) is 17.0. The Hall–Kier alpha value is -6.34. The summed E-state index contributed by atoms with van der Waals surface area (Å²) in [7, 11) is -4.68. The first-order valence-corrected chi connectivity index (χ1v) is 25.8. The maximum Gasteiger partial charge on any atom is 0.229 e. The van der Waals surface area contributed by atoms with Gasteiger partial charge in [-0.05, 0) is 125 Å². The van der Waals surface area contributed by atoms with Gasteiger partial charge in [0.25, 0.3) is 0 Å². The van der Waals surface area contributed by atoms with E-state index in [9.17, 15) is 16.8 Å². The summed E-state index contributed by atoms with van der Waals surface area (Å²) < 4.78 is 51.1. The molecule has 18 heteroatoms. The van der Waals surface area contributed by atoms with Crippen LogP contribution >= 0.6 is 0 Å². The fourth-order valence-corrected chi connectivity index (χ4v) is 9.99. The van der Waals surface area contributed by atoms with Crippen molar-refractivity contribution in [3.8, 4) is 0 Å². The van der Waals surface area contributed by atoms with Crippen LogP contribution in [-0.2, 0) is 19.7 Å². The lowest BCUT2D eigenvalue weighted by atomic mass is 10.2. The smallest absolute Gasteiger partial charge is 0.229 e. The van der Waals surface area contributed by atoms with Crippen LogP contribution in [-0.4, -0.2) is 125 Å². The van der Waals surface area contributed by atoms with Gasteiger partial charge in [0.2, 0.25) is 11.9 Å². The van der Waals surface area contributed by atoms with Gasteiger partial charge < -0.3 is 36.0 Å². The van der Waals surface area contributed by atoms with E-state index in [4.69, 9.17) is 4.98 Å². The van der Waals surface area contributed by atoms with E-state index in [0.29, 0.717) is 41.3 Å². The van der Waals surface area contributed by atoms with Gasteiger partial charge in [-0.15, -0.1) is 0 Å². The second-order valence-corrected chi connectivity index (χ2v) is 21.1. The molecule has 2 saturated heterocycles. The number of nitrogens with zero attached hydrogens (tertiary/aromatic N) is 8. The van der Waals surface area contributed by atoms with E-state index in [-0.39, 0.29) is 15.5 Å². The average molecular weight is 931 g/mol. The lowest BCUT2D eigenvalue weighted by molar-refractivity contribution is 0.254. The molecule has 0 saturated carbocycles. The average Bonchev–Trinajstić information content (AvgIpc) is 3.31. The molecular weight excluding hydrogens is 873 g/mol. The number of nitrogens with one attached hydrogen (secondary N) is 4. The molecule has 0 amide bonds. The Morgan fingerprint density at radius 3 is 1.52 bits per heavy atom. The molecule has 0 spiro atoms. The van der Waals surface area contributed by atoms with Gasteiger partial charge in [0, 0.05) is 116 Å². The van der Waals surface area contributed by atoms with E-state index < -0.39 is 19.7 Å². The molecule has 8 rings (SSSR count). The number of aromatic nitrogens is 4. The molecule has 4 aromatic carbocycles. The Morgan fingerprint density at radius 1 is 0.545 bits per heavy atom. The standard InChI is InChI=1S/C48H58N12O4S2/c1-35-33-49-47(55-45(35)51-39-9-7-11-43(31-39)65(4,61)62)54-38-15-19-42(20-16-38)60-28-24-58(25-29-60)21-5-6-30-66(63,64)44-12-8-10-40(32-44)52-46-36(2)34-50-48(56-46)53-37-13-17-41(18-14-37)59-26-22-57(3)23-27-59/h7-20,31-34H,5-6,21-30H2,1-4H3,(H2,49,51,54,55)(H2,50,52,53,56). The molecule has 66 heavy (non-hydrogen) atoms. The van der Waals surface area contributed by atoms with E-state index in [1.54, 1.807) is 54.9 Å². The first-order valence-electron chi connectivity index (χ1n) is 22.2. The molecule has 0 aliphatic carbocycles. The van der Waals surface area contributed by atoms with Crippen LogP contribution in [0.25, 0.3) is 0 Å². The van der Waals surface area contributed by atoms with Crippen LogP contribution in [0.15, 0.2) is 119 Å². The number of rotatable bonds is 17. The molecule has 16 nitrogen and oxygen atoms in total. The van der Waals surface area contributed by atoms with Crippen molar-refractivity contribution >= 4 is 77.3 Å². The normalized spacial score (nSPS) is 15.1. The summed E-state index contributed by atoms with van der Waals surface area (Å²) in [5, 5.41) is 13.1. The summed E-state index contributed by atoms with van der Waals surface area (Å²) in [6.07, 6.45) is 6.01. The molecule has 4 heterocycles. The highest BCUT2D eigenvalue weighted by Gasteiger charge is 2.20. The number of piperazine rings is 2. The van der Waals surface area contributed by atoms with E-state index in [0.717, 1.165) is 93.5 Å². The van der Waals surface area contributed by atoms with Gasteiger partial charge in [-0.2, -0.15) is 9.97 Å². The third kappa shape index (κ3) is 12.1. The monoisotopic (exact) mass is 930 g/mol. The van der Waals surface area contributed by atoms with Crippen molar-refractivity contribution in [2.24, 2.45) is 0 Å². The van der Waals surface area contributed by atoms with Gasteiger partial charge in [-0.3, -0.25) is 4.90 Å². The maximum atomic E-state index is 13.5. The summed E-state index contributed by atoms with van der Waals surface area (Å²) in [5.41, 5.74) is 6.95. The minimum Gasteiger partial charge on any atom is -0.369 e. The largest absolute Gasteiger partial charge is 0.369 e. The van der Waals surface area contributed by atoms with Crippen LogP contribution in [0.5, 0.6) is 0 Å². The van der Waals surface area contributed by atoms with Crippen LogP contribution in [0.2, 0.25) is 0 Å². The van der Waals surface area contributed by atoms with Crippen LogP contribution in [0.4, 0.5) is 57.7 Å². The number of unbranched alkanes of at least 4 members (excludes halogenated alkanes) is 1. The maximum absolute atomic E-state index is 13.5. The molecule has 4 N–H and O–H groups in total. The van der Waals surface area contributed by atoms with E-state index >= 15 is 0 Å². The molecular formula is C48H58N12O4S2. The molecule has 2 aliphatic heterocycles. The number of benzene rings is 4. The van der Waals surface area contributed by atoms with E-state index in [2.05, 4.69) is 87.1 Å². The Bertz CT molecular complexity index is 2830. The van der Waals surface area contributed by atoms with Crippen molar-refractivity contribution in [1.82, 2.24) is 29.7 Å². The Morgan fingerprint density at radius 2 is 1.02 bits per heavy atom. The van der Waals surface area contributed by atoms with Crippen LogP contribution in [0.3, 0.4) is 0 Å². The molecule has 0 unspecified atom stereocenters. The predicted octanol–water partition coefficient (Wildman–Crippen LogP) is 7.39. The summed E-state index contributed by atoms with van der Waals surface area (Å²) in [4.78, 5) is 28.3. The van der Waals surface area contributed by atoms with Gasteiger partial charge in [0.15, 0.2) is 19.7 Å². The van der Waals surface area contributed by atoms with Gasteiger partial charge in [-0.1, -0.05) is 12.1 Å². The summed E-state index contributed by atoms with van der Waals surface area (Å²) in [6, 6.07) is 30.0. The fourth-order valence-electron chi connectivity index (χ4n) is 7.91. The van der Waals surface area contributed by atoms with Crippen molar-refractivity contribution in [3.63, 3.8) is 0 Å². The van der Waals surface area contributed by atoms with Crippen LogP contribution in [0.1, 0.15) is 24.0 Å². The number of likely N-dealkylation sites (N-methyl/N-ethyl adjacent to an activating group) is 1. The zero-order valence-electron chi connectivity index (χ0n) is 37.9. The first kappa shape index (κ1) is 46.2. The van der Waals surface area contributed by atoms with Crippen molar-refractivity contribution in [3.05, 3.63) is 121 Å². The number of hydrogen-bond donors (Lipinski definition) is 4. The first-order chi connectivity index (χ1) is 31.7. The summed E-state index contributed by atoms with van der Waals surface area (Å²) in [6.45, 7) is 12.3. The molecule has 0 radical (unpaired) electrons. The highest BCUT2D eigenvalue weighted by molar-refractivity contribution is 7.91. The number of anilines is 10. The quantitative estimate of drug-likeness (QED) is 0.0665. The third-order valence-corrected chi connectivity index (χ3v) is 14.8. The van der Waals surface area contributed by atoms with E-state index in [1.807, 2.05) is 44.2 Å². The molecule has 6 aromatic rings. The van der Waals surface area contributed by atoms with Crippen molar-refractivity contribution in [1.29, 1.82) is 0 Å². The van der Waals surface area contributed by atoms with Crippen molar-refractivity contribution in [2.45, 2.75) is 36.5 Å². The van der Waals surface area contributed by atoms with Crippen LogP contribution < -0.4 is 31.1 Å². The van der Waals surface area contributed by atoms with Gasteiger partial charge >= 0.3 is 0 Å². The molecule has 0 atom stereocenters. The summed E-state index contributed by atoms with van der Waals surface area (Å²) in [5.74, 6) is 2.11. The minimum absolute atomic E-state index is 0.0791. The Labute approximate surface area is 388 Å². The summed E-state index contributed by atoms with van der Waals surface area (Å²) >= 11 is 0. The number of aryl methyl sites for hydroxylation is 2. The second kappa shape index (κ2) is 20.4. The fraction of sp³-hybridized carbons (Fsp3) is 0.333. The minimum atomic E-state index is -3.50. The van der Waals surface area contributed by atoms with Crippen molar-refractivity contribution in [2.75, 3.05) is 109 Å². The van der Waals surface area contributed by atoms with Crippen molar-refractivity contribution < 1.29 is 16.8 Å². The van der Waals surface area contributed by atoms with Gasteiger partial charge in [0.05, 0.1) is 15.5 Å².